The Labute approximate surface area is 116 Å². The summed E-state index contributed by atoms with van der Waals surface area (Å²) in [6.45, 7) is 3.53. The molecule has 0 unspecified atom stereocenters. The quantitative estimate of drug-likeness (QED) is 0.785. The van der Waals surface area contributed by atoms with Gasteiger partial charge in [-0.3, -0.25) is 4.68 Å². The Morgan fingerprint density at radius 1 is 1.37 bits per heavy atom. The second-order valence-electron chi connectivity index (χ2n) is 4.29. The molecule has 0 aliphatic heterocycles. The number of benzene rings is 1. The SMILES string of the molecule is CCn1cc(NCc2c(Cl)oc3ccccc23)cn1. The van der Waals surface area contributed by atoms with Gasteiger partial charge in [0, 0.05) is 30.2 Å². The zero-order valence-electron chi connectivity index (χ0n) is 10.6. The van der Waals surface area contributed by atoms with Gasteiger partial charge in [0.05, 0.1) is 11.9 Å². The Kier molecular flexibility index (Phi) is 3.17. The van der Waals surface area contributed by atoms with Crippen molar-refractivity contribution in [1.82, 2.24) is 9.78 Å². The first-order valence-electron chi connectivity index (χ1n) is 6.20. The van der Waals surface area contributed by atoms with Crippen LogP contribution in [0.25, 0.3) is 11.0 Å². The van der Waals surface area contributed by atoms with Gasteiger partial charge < -0.3 is 9.73 Å². The summed E-state index contributed by atoms with van der Waals surface area (Å²) in [6.07, 6.45) is 3.77. The average molecular weight is 276 g/mol. The number of para-hydroxylation sites is 1. The smallest absolute Gasteiger partial charge is 0.199 e. The monoisotopic (exact) mass is 275 g/mol. The number of halogens is 1. The molecular formula is C14H14ClN3O. The molecule has 2 aromatic heterocycles. The van der Waals surface area contributed by atoms with Crippen molar-refractivity contribution in [2.45, 2.75) is 20.0 Å². The number of fused-ring (bicyclic) bond motifs is 1. The van der Waals surface area contributed by atoms with Crippen molar-refractivity contribution in [2.24, 2.45) is 0 Å². The fraction of sp³-hybridized carbons (Fsp3) is 0.214. The lowest BCUT2D eigenvalue weighted by Gasteiger charge is -2.02. The molecule has 5 heteroatoms. The minimum atomic E-state index is 0.441. The maximum Gasteiger partial charge on any atom is 0.199 e. The summed E-state index contributed by atoms with van der Waals surface area (Å²) < 4.78 is 7.39. The normalized spacial score (nSPS) is 11.1. The minimum Gasteiger partial charge on any atom is -0.444 e. The van der Waals surface area contributed by atoms with Crippen molar-refractivity contribution < 1.29 is 4.42 Å². The first-order valence-corrected chi connectivity index (χ1v) is 6.58. The van der Waals surface area contributed by atoms with Crippen LogP contribution in [0.4, 0.5) is 5.69 Å². The van der Waals surface area contributed by atoms with Crippen LogP contribution in [0.2, 0.25) is 5.22 Å². The summed E-state index contributed by atoms with van der Waals surface area (Å²) in [5.74, 6) is 0. The van der Waals surface area contributed by atoms with E-state index in [4.69, 9.17) is 16.0 Å². The molecular weight excluding hydrogens is 262 g/mol. The molecule has 98 valence electrons. The van der Waals surface area contributed by atoms with E-state index in [2.05, 4.69) is 17.3 Å². The molecule has 0 amide bonds. The summed E-state index contributed by atoms with van der Waals surface area (Å²) in [7, 11) is 0. The predicted octanol–water partition coefficient (Wildman–Crippen LogP) is 3.91. The zero-order chi connectivity index (χ0) is 13.2. The summed E-state index contributed by atoms with van der Waals surface area (Å²) in [5, 5.41) is 9.01. The second kappa shape index (κ2) is 4.97. The Balaban J connectivity index is 1.83. The molecule has 0 radical (unpaired) electrons. The van der Waals surface area contributed by atoms with E-state index in [1.165, 1.54) is 0 Å². The van der Waals surface area contributed by atoms with Crippen LogP contribution in [0.15, 0.2) is 41.1 Å². The first kappa shape index (κ1) is 12.1. The van der Waals surface area contributed by atoms with Gasteiger partial charge in [-0.25, -0.2) is 0 Å². The Morgan fingerprint density at radius 3 is 3.00 bits per heavy atom. The van der Waals surface area contributed by atoms with Gasteiger partial charge in [-0.1, -0.05) is 18.2 Å². The summed E-state index contributed by atoms with van der Waals surface area (Å²) in [6, 6.07) is 7.84. The van der Waals surface area contributed by atoms with Gasteiger partial charge in [0.2, 0.25) is 0 Å². The first-order chi connectivity index (χ1) is 9.28. The van der Waals surface area contributed by atoms with E-state index in [0.29, 0.717) is 11.8 Å². The van der Waals surface area contributed by atoms with Crippen LogP contribution in [0, 0.1) is 0 Å². The molecule has 0 atom stereocenters. The maximum absolute atomic E-state index is 6.14. The fourth-order valence-corrected chi connectivity index (χ4v) is 2.30. The molecule has 1 aromatic carbocycles. The highest BCUT2D eigenvalue weighted by Crippen LogP contribution is 2.30. The molecule has 0 saturated heterocycles. The molecule has 3 aromatic rings. The van der Waals surface area contributed by atoms with Gasteiger partial charge >= 0.3 is 0 Å². The van der Waals surface area contributed by atoms with E-state index in [-0.39, 0.29) is 0 Å². The highest BCUT2D eigenvalue weighted by molar-refractivity contribution is 6.30. The number of aromatic nitrogens is 2. The zero-order valence-corrected chi connectivity index (χ0v) is 11.3. The van der Waals surface area contributed by atoms with Gasteiger partial charge in [0.15, 0.2) is 5.22 Å². The third-order valence-electron chi connectivity index (χ3n) is 3.08. The molecule has 0 fully saturated rings. The van der Waals surface area contributed by atoms with E-state index >= 15 is 0 Å². The molecule has 0 spiro atoms. The second-order valence-corrected chi connectivity index (χ2v) is 4.63. The third-order valence-corrected chi connectivity index (χ3v) is 3.38. The van der Waals surface area contributed by atoms with Gasteiger partial charge in [-0.2, -0.15) is 5.10 Å². The van der Waals surface area contributed by atoms with Crippen molar-refractivity contribution in [3.8, 4) is 0 Å². The van der Waals surface area contributed by atoms with Crippen LogP contribution in [-0.2, 0) is 13.1 Å². The van der Waals surface area contributed by atoms with Crippen LogP contribution in [-0.4, -0.2) is 9.78 Å². The molecule has 0 aliphatic carbocycles. The number of furan rings is 1. The molecule has 0 bridgehead atoms. The fourth-order valence-electron chi connectivity index (χ4n) is 2.05. The Hall–Kier alpha value is -1.94. The van der Waals surface area contributed by atoms with Crippen molar-refractivity contribution in [3.05, 3.63) is 47.4 Å². The highest BCUT2D eigenvalue weighted by atomic mass is 35.5. The van der Waals surface area contributed by atoms with Crippen molar-refractivity contribution >= 4 is 28.3 Å². The topological polar surface area (TPSA) is 43.0 Å². The number of hydrogen-bond donors (Lipinski definition) is 1. The van der Waals surface area contributed by atoms with Gasteiger partial charge in [0.1, 0.15) is 5.58 Å². The van der Waals surface area contributed by atoms with E-state index in [1.807, 2.05) is 35.1 Å². The lowest BCUT2D eigenvalue weighted by Crippen LogP contribution is -1.98. The van der Waals surface area contributed by atoms with E-state index in [1.54, 1.807) is 6.20 Å². The lowest BCUT2D eigenvalue weighted by atomic mass is 10.2. The molecule has 0 aliphatic rings. The van der Waals surface area contributed by atoms with Crippen LogP contribution in [0.3, 0.4) is 0 Å². The lowest BCUT2D eigenvalue weighted by molar-refractivity contribution is 0.613. The number of rotatable bonds is 4. The van der Waals surface area contributed by atoms with Crippen molar-refractivity contribution in [1.29, 1.82) is 0 Å². The molecule has 2 heterocycles. The van der Waals surface area contributed by atoms with Crippen molar-refractivity contribution in [2.75, 3.05) is 5.32 Å². The molecule has 3 rings (SSSR count). The standard InChI is InChI=1S/C14H14ClN3O/c1-2-18-9-10(7-17-18)16-8-12-11-5-3-4-6-13(11)19-14(12)15/h3-7,9,16H,2,8H2,1H3. The Morgan fingerprint density at radius 2 is 2.21 bits per heavy atom. The molecule has 0 saturated carbocycles. The van der Waals surface area contributed by atoms with E-state index in [0.717, 1.165) is 28.8 Å². The van der Waals surface area contributed by atoms with E-state index < -0.39 is 0 Å². The highest BCUT2D eigenvalue weighted by Gasteiger charge is 2.11. The molecule has 4 nitrogen and oxygen atoms in total. The van der Waals surface area contributed by atoms with Gasteiger partial charge in [-0.15, -0.1) is 0 Å². The van der Waals surface area contributed by atoms with E-state index in [9.17, 15) is 0 Å². The summed E-state index contributed by atoms with van der Waals surface area (Å²) in [4.78, 5) is 0. The van der Waals surface area contributed by atoms with Gasteiger partial charge in [-0.05, 0) is 24.6 Å². The van der Waals surface area contributed by atoms with Crippen LogP contribution in [0.1, 0.15) is 12.5 Å². The number of nitrogens with one attached hydrogen (secondary N) is 1. The Bertz CT molecular complexity index is 702. The van der Waals surface area contributed by atoms with Crippen LogP contribution in [0.5, 0.6) is 0 Å². The summed E-state index contributed by atoms with van der Waals surface area (Å²) in [5.41, 5.74) is 2.76. The summed E-state index contributed by atoms with van der Waals surface area (Å²) >= 11 is 6.14. The predicted molar refractivity (Wildman–Crippen MR) is 76.5 cm³/mol. The van der Waals surface area contributed by atoms with Crippen LogP contribution < -0.4 is 5.32 Å². The molecule has 1 N–H and O–H groups in total. The minimum absolute atomic E-state index is 0.441. The van der Waals surface area contributed by atoms with Crippen LogP contribution >= 0.6 is 11.6 Å². The maximum atomic E-state index is 6.14. The van der Waals surface area contributed by atoms with Gasteiger partial charge in [0.25, 0.3) is 0 Å². The average Bonchev–Trinajstić information content (AvgIpc) is 3.00. The number of hydrogen-bond acceptors (Lipinski definition) is 3. The third kappa shape index (κ3) is 2.31. The molecule has 19 heavy (non-hydrogen) atoms. The van der Waals surface area contributed by atoms with Crippen molar-refractivity contribution in [3.63, 3.8) is 0 Å². The number of anilines is 1. The number of nitrogens with zero attached hydrogens (tertiary/aromatic N) is 2. The number of aryl methyl sites for hydroxylation is 1. The largest absolute Gasteiger partial charge is 0.444 e.